The summed E-state index contributed by atoms with van der Waals surface area (Å²) in [6.07, 6.45) is 0. The number of benzene rings is 1. The molecule has 0 fully saturated rings. The standard InChI is InChI=1S/C11H16N2O4S/c1-3-18(16,17)7-6-12-10-5-4-9(2)8-11(10)13(14)15/h4-5,8,12H,3,6-7H2,1-2H3. The molecule has 0 spiro atoms. The number of nitrogens with zero attached hydrogens (tertiary/aromatic N) is 1. The van der Waals surface area contributed by atoms with Crippen molar-refractivity contribution in [3.63, 3.8) is 0 Å². The third kappa shape index (κ3) is 3.99. The molecule has 0 unspecified atom stereocenters. The summed E-state index contributed by atoms with van der Waals surface area (Å²) in [5, 5.41) is 13.6. The van der Waals surface area contributed by atoms with Crippen LogP contribution in [0.2, 0.25) is 0 Å². The summed E-state index contributed by atoms with van der Waals surface area (Å²) in [4.78, 5) is 10.4. The molecule has 0 saturated heterocycles. The van der Waals surface area contributed by atoms with Crippen LogP contribution in [-0.2, 0) is 9.84 Å². The first-order chi connectivity index (χ1) is 8.35. The minimum Gasteiger partial charge on any atom is -0.378 e. The van der Waals surface area contributed by atoms with Gasteiger partial charge in [-0.2, -0.15) is 0 Å². The van der Waals surface area contributed by atoms with Gasteiger partial charge in [-0.1, -0.05) is 13.0 Å². The van der Waals surface area contributed by atoms with Crippen LogP contribution in [0.25, 0.3) is 0 Å². The number of nitro benzene ring substituents is 1. The van der Waals surface area contributed by atoms with Crippen LogP contribution in [0, 0.1) is 17.0 Å². The number of anilines is 1. The summed E-state index contributed by atoms with van der Waals surface area (Å²) in [7, 11) is -3.06. The average molecular weight is 272 g/mol. The van der Waals surface area contributed by atoms with Gasteiger partial charge in [-0.25, -0.2) is 8.42 Å². The second-order valence-corrected chi connectivity index (χ2v) is 6.41. The molecule has 6 nitrogen and oxygen atoms in total. The van der Waals surface area contributed by atoms with E-state index in [-0.39, 0.29) is 23.7 Å². The number of hydrogen-bond acceptors (Lipinski definition) is 5. The Hall–Kier alpha value is -1.63. The summed E-state index contributed by atoms with van der Waals surface area (Å²) < 4.78 is 22.6. The Kier molecular flexibility index (Phi) is 4.66. The SMILES string of the molecule is CCS(=O)(=O)CCNc1ccc(C)cc1[N+](=O)[O-]. The lowest BCUT2D eigenvalue weighted by Gasteiger charge is -2.07. The fourth-order valence-electron chi connectivity index (χ4n) is 1.43. The van der Waals surface area contributed by atoms with E-state index in [1.54, 1.807) is 26.0 Å². The summed E-state index contributed by atoms with van der Waals surface area (Å²) in [6, 6.07) is 4.78. The maximum Gasteiger partial charge on any atom is 0.292 e. The van der Waals surface area contributed by atoms with Crippen LogP contribution >= 0.6 is 0 Å². The molecule has 1 rings (SSSR count). The van der Waals surface area contributed by atoms with Crippen molar-refractivity contribution in [1.82, 2.24) is 0 Å². The van der Waals surface area contributed by atoms with E-state index in [1.807, 2.05) is 0 Å². The van der Waals surface area contributed by atoms with Gasteiger partial charge in [0, 0.05) is 18.4 Å². The van der Waals surface area contributed by atoms with E-state index in [0.717, 1.165) is 5.56 Å². The minimum absolute atomic E-state index is 0.0332. The summed E-state index contributed by atoms with van der Waals surface area (Å²) in [5.41, 5.74) is 1.09. The molecule has 0 aliphatic heterocycles. The van der Waals surface area contributed by atoms with Crippen LogP contribution < -0.4 is 5.32 Å². The zero-order valence-electron chi connectivity index (χ0n) is 10.3. The second-order valence-electron chi connectivity index (χ2n) is 3.94. The van der Waals surface area contributed by atoms with Gasteiger partial charge in [0.25, 0.3) is 5.69 Å². The number of nitro groups is 1. The predicted molar refractivity (Wildman–Crippen MR) is 70.7 cm³/mol. The number of hydrogen-bond donors (Lipinski definition) is 1. The molecular weight excluding hydrogens is 256 g/mol. The molecule has 0 aliphatic carbocycles. The lowest BCUT2D eigenvalue weighted by Crippen LogP contribution is -2.17. The number of rotatable bonds is 6. The summed E-state index contributed by atoms with van der Waals surface area (Å²) in [5.74, 6) is 0.0409. The Morgan fingerprint density at radius 1 is 1.39 bits per heavy atom. The Bertz CT molecular complexity index is 540. The largest absolute Gasteiger partial charge is 0.378 e. The monoisotopic (exact) mass is 272 g/mol. The first-order valence-corrected chi connectivity index (χ1v) is 7.37. The van der Waals surface area contributed by atoms with E-state index < -0.39 is 14.8 Å². The van der Waals surface area contributed by atoms with Crippen LogP contribution in [0.15, 0.2) is 18.2 Å². The molecule has 7 heteroatoms. The van der Waals surface area contributed by atoms with E-state index in [2.05, 4.69) is 5.32 Å². The molecule has 0 atom stereocenters. The van der Waals surface area contributed by atoms with Crippen molar-refractivity contribution in [2.45, 2.75) is 13.8 Å². The summed E-state index contributed by atoms with van der Waals surface area (Å²) in [6.45, 7) is 3.50. The number of nitrogens with one attached hydrogen (secondary N) is 1. The van der Waals surface area contributed by atoms with Gasteiger partial charge in [0.15, 0.2) is 9.84 Å². The third-order valence-corrected chi connectivity index (χ3v) is 4.22. The van der Waals surface area contributed by atoms with Gasteiger partial charge in [-0.3, -0.25) is 10.1 Å². The fourth-order valence-corrected chi connectivity index (χ4v) is 2.13. The average Bonchev–Trinajstić information content (AvgIpc) is 2.30. The van der Waals surface area contributed by atoms with Gasteiger partial charge in [0.05, 0.1) is 10.7 Å². The smallest absolute Gasteiger partial charge is 0.292 e. The highest BCUT2D eigenvalue weighted by Crippen LogP contribution is 2.24. The minimum atomic E-state index is -3.06. The lowest BCUT2D eigenvalue weighted by atomic mass is 10.2. The Morgan fingerprint density at radius 3 is 2.61 bits per heavy atom. The van der Waals surface area contributed by atoms with Crippen LogP contribution in [0.4, 0.5) is 11.4 Å². The van der Waals surface area contributed by atoms with Crippen LogP contribution in [-0.4, -0.2) is 31.4 Å². The molecule has 0 aliphatic rings. The van der Waals surface area contributed by atoms with Crippen molar-refractivity contribution < 1.29 is 13.3 Å². The number of sulfone groups is 1. The maximum atomic E-state index is 11.3. The Morgan fingerprint density at radius 2 is 2.06 bits per heavy atom. The van der Waals surface area contributed by atoms with E-state index in [4.69, 9.17) is 0 Å². The Labute approximate surface area is 106 Å². The van der Waals surface area contributed by atoms with Gasteiger partial charge in [0.2, 0.25) is 0 Å². The van der Waals surface area contributed by atoms with Crippen molar-refractivity contribution >= 4 is 21.2 Å². The van der Waals surface area contributed by atoms with Gasteiger partial charge >= 0.3 is 0 Å². The highest BCUT2D eigenvalue weighted by Gasteiger charge is 2.14. The van der Waals surface area contributed by atoms with Crippen molar-refractivity contribution in [3.05, 3.63) is 33.9 Å². The molecule has 1 aromatic rings. The topological polar surface area (TPSA) is 89.3 Å². The molecule has 0 aromatic heterocycles. The first-order valence-electron chi connectivity index (χ1n) is 5.55. The fraction of sp³-hybridized carbons (Fsp3) is 0.455. The highest BCUT2D eigenvalue weighted by atomic mass is 32.2. The molecule has 0 heterocycles. The van der Waals surface area contributed by atoms with Crippen LogP contribution in [0.3, 0.4) is 0 Å². The van der Waals surface area contributed by atoms with Gasteiger partial charge in [0.1, 0.15) is 5.69 Å². The number of aryl methyl sites for hydroxylation is 1. The van der Waals surface area contributed by atoms with E-state index in [9.17, 15) is 18.5 Å². The molecule has 0 bridgehead atoms. The van der Waals surface area contributed by atoms with Crippen molar-refractivity contribution in [3.8, 4) is 0 Å². The summed E-state index contributed by atoms with van der Waals surface area (Å²) >= 11 is 0. The Balaban J connectivity index is 2.77. The first kappa shape index (κ1) is 14.4. The van der Waals surface area contributed by atoms with Crippen LogP contribution in [0.5, 0.6) is 0 Å². The van der Waals surface area contributed by atoms with Gasteiger partial charge in [-0.05, 0) is 18.6 Å². The lowest BCUT2D eigenvalue weighted by molar-refractivity contribution is -0.384. The second kappa shape index (κ2) is 5.81. The molecule has 1 aromatic carbocycles. The quantitative estimate of drug-likeness (QED) is 0.629. The van der Waals surface area contributed by atoms with E-state index in [1.165, 1.54) is 6.07 Å². The molecule has 100 valence electrons. The van der Waals surface area contributed by atoms with Crippen molar-refractivity contribution in [2.75, 3.05) is 23.4 Å². The van der Waals surface area contributed by atoms with Gasteiger partial charge < -0.3 is 5.32 Å². The maximum absolute atomic E-state index is 11.3. The van der Waals surface area contributed by atoms with E-state index >= 15 is 0 Å². The molecular formula is C11H16N2O4S. The molecule has 18 heavy (non-hydrogen) atoms. The molecule has 1 N–H and O–H groups in total. The zero-order valence-corrected chi connectivity index (χ0v) is 11.2. The van der Waals surface area contributed by atoms with Crippen molar-refractivity contribution in [2.24, 2.45) is 0 Å². The zero-order chi connectivity index (χ0) is 13.8. The molecule has 0 radical (unpaired) electrons. The highest BCUT2D eigenvalue weighted by molar-refractivity contribution is 7.91. The third-order valence-electron chi connectivity index (χ3n) is 2.52. The molecule has 0 amide bonds. The normalized spacial score (nSPS) is 11.2. The van der Waals surface area contributed by atoms with Crippen LogP contribution in [0.1, 0.15) is 12.5 Å². The van der Waals surface area contributed by atoms with E-state index in [0.29, 0.717) is 5.69 Å². The van der Waals surface area contributed by atoms with Crippen molar-refractivity contribution in [1.29, 1.82) is 0 Å². The van der Waals surface area contributed by atoms with Gasteiger partial charge in [-0.15, -0.1) is 0 Å². The predicted octanol–water partition coefficient (Wildman–Crippen LogP) is 1.75. The molecule has 0 saturated carbocycles.